The van der Waals surface area contributed by atoms with Crippen LogP contribution in [-0.2, 0) is 0 Å². The van der Waals surface area contributed by atoms with Gasteiger partial charge in [-0.1, -0.05) is 18.9 Å². The Morgan fingerprint density at radius 1 is 1.20 bits per heavy atom. The molecule has 3 atom stereocenters. The molecule has 0 aromatic heterocycles. The Kier molecular flexibility index (Phi) is 4.37. The fourth-order valence-corrected chi connectivity index (χ4v) is 4.59. The maximum absolute atomic E-state index is 5.98. The van der Waals surface area contributed by atoms with Crippen LogP contribution in [0, 0.1) is 5.92 Å². The fraction of sp³-hybridized carbons (Fsp3) is 0.647. The van der Waals surface area contributed by atoms with Crippen molar-refractivity contribution in [1.82, 2.24) is 0 Å². The second kappa shape index (κ2) is 6.07. The standard InChI is InChI=1S/C17H25BrN2/c1-12(19)14-8-9-17(15(18)11-14)20-10-4-6-13-5-2-3-7-16(13)20/h8-9,11-13,16H,2-7,10,19H2,1H3. The van der Waals surface area contributed by atoms with Crippen molar-refractivity contribution in [3.8, 4) is 0 Å². The number of benzene rings is 1. The number of fused-ring (bicyclic) bond motifs is 1. The molecular formula is C17H25BrN2. The molecule has 3 rings (SSSR count). The molecule has 1 aromatic rings. The molecule has 3 heteroatoms. The minimum atomic E-state index is 0.101. The fourth-order valence-electron chi connectivity index (χ4n) is 3.96. The summed E-state index contributed by atoms with van der Waals surface area (Å²) >= 11 is 3.77. The van der Waals surface area contributed by atoms with Gasteiger partial charge in [-0.25, -0.2) is 0 Å². The summed E-state index contributed by atoms with van der Waals surface area (Å²) in [6.07, 6.45) is 8.38. The average molecular weight is 337 g/mol. The Labute approximate surface area is 130 Å². The summed E-state index contributed by atoms with van der Waals surface area (Å²) in [6, 6.07) is 7.52. The van der Waals surface area contributed by atoms with E-state index in [0.717, 1.165) is 12.0 Å². The predicted molar refractivity (Wildman–Crippen MR) is 89.1 cm³/mol. The Morgan fingerprint density at radius 2 is 1.95 bits per heavy atom. The zero-order valence-electron chi connectivity index (χ0n) is 12.3. The normalized spacial score (nSPS) is 28.1. The third-order valence-corrected chi connectivity index (χ3v) is 5.69. The van der Waals surface area contributed by atoms with Crippen LogP contribution in [0.4, 0.5) is 5.69 Å². The molecule has 0 bridgehead atoms. The van der Waals surface area contributed by atoms with Gasteiger partial charge in [0.15, 0.2) is 0 Å². The minimum Gasteiger partial charge on any atom is -0.367 e. The monoisotopic (exact) mass is 336 g/mol. The minimum absolute atomic E-state index is 0.101. The molecule has 1 aliphatic heterocycles. The first-order valence-electron chi connectivity index (χ1n) is 7.98. The molecule has 2 nitrogen and oxygen atoms in total. The molecule has 1 heterocycles. The summed E-state index contributed by atoms with van der Waals surface area (Å²) in [7, 11) is 0. The van der Waals surface area contributed by atoms with Gasteiger partial charge in [0.05, 0.1) is 5.69 Å². The highest BCUT2D eigenvalue weighted by Gasteiger charge is 2.33. The van der Waals surface area contributed by atoms with E-state index >= 15 is 0 Å². The van der Waals surface area contributed by atoms with Gasteiger partial charge < -0.3 is 10.6 Å². The smallest absolute Gasteiger partial charge is 0.0513 e. The number of hydrogen-bond acceptors (Lipinski definition) is 2. The van der Waals surface area contributed by atoms with Crippen LogP contribution < -0.4 is 10.6 Å². The number of hydrogen-bond donors (Lipinski definition) is 1. The third kappa shape index (κ3) is 2.75. The van der Waals surface area contributed by atoms with E-state index in [-0.39, 0.29) is 6.04 Å². The van der Waals surface area contributed by atoms with Crippen LogP contribution in [0.15, 0.2) is 22.7 Å². The molecule has 1 aromatic carbocycles. The Bertz CT molecular complexity index is 470. The molecule has 0 amide bonds. The summed E-state index contributed by atoms with van der Waals surface area (Å²) in [6.45, 7) is 3.25. The number of rotatable bonds is 2. The first kappa shape index (κ1) is 14.4. The molecule has 0 radical (unpaired) electrons. The lowest BCUT2D eigenvalue weighted by atomic mass is 9.78. The number of piperidine rings is 1. The van der Waals surface area contributed by atoms with Gasteiger partial charge in [-0.3, -0.25) is 0 Å². The summed E-state index contributed by atoms with van der Waals surface area (Å²) in [5.74, 6) is 0.914. The van der Waals surface area contributed by atoms with E-state index < -0.39 is 0 Å². The molecule has 2 fully saturated rings. The molecule has 110 valence electrons. The summed E-state index contributed by atoms with van der Waals surface area (Å²) < 4.78 is 1.21. The van der Waals surface area contributed by atoms with E-state index in [0.29, 0.717) is 0 Å². The maximum Gasteiger partial charge on any atom is 0.0513 e. The van der Waals surface area contributed by atoms with Gasteiger partial charge in [0, 0.05) is 23.1 Å². The second-order valence-electron chi connectivity index (χ2n) is 6.45. The van der Waals surface area contributed by atoms with Crippen LogP contribution in [0.5, 0.6) is 0 Å². The van der Waals surface area contributed by atoms with Crippen molar-refractivity contribution < 1.29 is 0 Å². The van der Waals surface area contributed by atoms with E-state index in [1.54, 1.807) is 0 Å². The van der Waals surface area contributed by atoms with Crippen molar-refractivity contribution in [1.29, 1.82) is 0 Å². The molecule has 2 N–H and O–H groups in total. The first-order chi connectivity index (χ1) is 9.66. The number of anilines is 1. The molecule has 0 spiro atoms. The highest BCUT2D eigenvalue weighted by atomic mass is 79.9. The molecule has 1 saturated carbocycles. The highest BCUT2D eigenvalue weighted by molar-refractivity contribution is 9.10. The second-order valence-corrected chi connectivity index (χ2v) is 7.30. The molecule has 3 unspecified atom stereocenters. The lowest BCUT2D eigenvalue weighted by molar-refractivity contribution is 0.243. The van der Waals surface area contributed by atoms with Crippen molar-refractivity contribution in [2.45, 2.75) is 57.5 Å². The topological polar surface area (TPSA) is 29.3 Å². The van der Waals surface area contributed by atoms with Crippen LogP contribution in [-0.4, -0.2) is 12.6 Å². The van der Waals surface area contributed by atoms with Gasteiger partial charge >= 0.3 is 0 Å². The van der Waals surface area contributed by atoms with Crippen LogP contribution >= 0.6 is 15.9 Å². The van der Waals surface area contributed by atoms with Crippen molar-refractivity contribution in [2.75, 3.05) is 11.4 Å². The molecular weight excluding hydrogens is 312 g/mol. The maximum atomic E-state index is 5.98. The third-order valence-electron chi connectivity index (χ3n) is 5.05. The van der Waals surface area contributed by atoms with E-state index in [4.69, 9.17) is 5.73 Å². The van der Waals surface area contributed by atoms with Crippen molar-refractivity contribution in [3.05, 3.63) is 28.2 Å². The molecule has 20 heavy (non-hydrogen) atoms. The van der Waals surface area contributed by atoms with Gasteiger partial charge in [0.1, 0.15) is 0 Å². The van der Waals surface area contributed by atoms with Crippen LogP contribution in [0.2, 0.25) is 0 Å². The molecule has 1 aliphatic carbocycles. The van der Waals surface area contributed by atoms with Gasteiger partial charge in [-0.15, -0.1) is 0 Å². The highest BCUT2D eigenvalue weighted by Crippen LogP contribution is 2.40. The summed E-state index contributed by atoms with van der Waals surface area (Å²) in [5.41, 5.74) is 8.56. The predicted octanol–water partition coefficient (Wildman–Crippen LogP) is 4.63. The van der Waals surface area contributed by atoms with Gasteiger partial charge in [0.25, 0.3) is 0 Å². The van der Waals surface area contributed by atoms with Crippen LogP contribution in [0.25, 0.3) is 0 Å². The Hall–Kier alpha value is -0.540. The van der Waals surface area contributed by atoms with Crippen LogP contribution in [0.1, 0.15) is 57.1 Å². The number of nitrogens with two attached hydrogens (primary N) is 1. The van der Waals surface area contributed by atoms with Gasteiger partial charge in [0.2, 0.25) is 0 Å². The molecule has 1 saturated heterocycles. The molecule has 2 aliphatic rings. The van der Waals surface area contributed by atoms with Crippen LogP contribution in [0.3, 0.4) is 0 Å². The Balaban J connectivity index is 1.87. The lowest BCUT2D eigenvalue weighted by Gasteiger charge is -2.45. The van der Waals surface area contributed by atoms with Crippen molar-refractivity contribution >= 4 is 21.6 Å². The van der Waals surface area contributed by atoms with E-state index in [2.05, 4.69) is 39.0 Å². The number of nitrogens with zero attached hydrogens (tertiary/aromatic N) is 1. The quantitative estimate of drug-likeness (QED) is 0.853. The van der Waals surface area contributed by atoms with Gasteiger partial charge in [-0.05, 0) is 72.2 Å². The summed E-state index contributed by atoms with van der Waals surface area (Å²) in [5, 5.41) is 0. The Morgan fingerprint density at radius 3 is 2.70 bits per heavy atom. The lowest BCUT2D eigenvalue weighted by Crippen LogP contribution is -2.47. The van der Waals surface area contributed by atoms with Crippen molar-refractivity contribution in [2.24, 2.45) is 11.7 Å². The van der Waals surface area contributed by atoms with E-state index in [1.807, 2.05) is 6.92 Å². The SMILES string of the molecule is CC(N)c1ccc(N2CCCC3CCCCC32)c(Br)c1. The van der Waals surface area contributed by atoms with E-state index in [9.17, 15) is 0 Å². The average Bonchev–Trinajstić information content (AvgIpc) is 2.46. The zero-order chi connectivity index (χ0) is 14.1. The largest absolute Gasteiger partial charge is 0.367 e. The number of halogens is 1. The zero-order valence-corrected chi connectivity index (χ0v) is 13.9. The van der Waals surface area contributed by atoms with E-state index in [1.165, 1.54) is 60.8 Å². The van der Waals surface area contributed by atoms with Gasteiger partial charge in [-0.2, -0.15) is 0 Å². The summed E-state index contributed by atoms with van der Waals surface area (Å²) in [4.78, 5) is 2.66. The first-order valence-corrected chi connectivity index (χ1v) is 8.78. The van der Waals surface area contributed by atoms with Crippen molar-refractivity contribution in [3.63, 3.8) is 0 Å².